The molecule has 0 saturated carbocycles. The highest BCUT2D eigenvalue weighted by Crippen LogP contribution is 2.28. The molecule has 2 aromatic rings. The van der Waals surface area contributed by atoms with Crippen molar-refractivity contribution < 1.29 is 23.1 Å². The van der Waals surface area contributed by atoms with Gasteiger partial charge in [0.2, 0.25) is 0 Å². The summed E-state index contributed by atoms with van der Waals surface area (Å²) in [7, 11) is 0. The fourth-order valence-electron chi connectivity index (χ4n) is 2.91. The number of aromatic nitrogens is 2. The van der Waals surface area contributed by atoms with Crippen LogP contribution in [0.15, 0.2) is 42.9 Å². The molecule has 3 rings (SSSR count). The average molecular weight is 351 g/mol. The summed E-state index contributed by atoms with van der Waals surface area (Å²) < 4.78 is 37.6. The zero-order valence-electron chi connectivity index (χ0n) is 13.1. The average Bonchev–Trinajstić information content (AvgIpc) is 2.95. The van der Waals surface area contributed by atoms with E-state index in [0.29, 0.717) is 13.0 Å². The molecule has 0 unspecified atom stereocenters. The normalized spacial score (nSPS) is 20.7. The van der Waals surface area contributed by atoms with E-state index in [0.717, 1.165) is 23.9 Å². The summed E-state index contributed by atoms with van der Waals surface area (Å²) in [6.07, 6.45) is -0.381. The van der Waals surface area contributed by atoms with Crippen LogP contribution in [0.3, 0.4) is 0 Å². The van der Waals surface area contributed by atoms with E-state index in [1.165, 1.54) is 4.90 Å². The second-order valence-corrected chi connectivity index (χ2v) is 6.03. The van der Waals surface area contributed by atoms with Crippen molar-refractivity contribution in [2.75, 3.05) is 13.1 Å². The van der Waals surface area contributed by atoms with Gasteiger partial charge in [0, 0.05) is 37.6 Å². The molecule has 1 aliphatic heterocycles. The predicted molar refractivity (Wildman–Crippen MR) is 82.6 cm³/mol. The van der Waals surface area contributed by atoms with E-state index in [4.69, 9.17) is 0 Å². The molecule has 0 bridgehead atoms. The maximum absolute atomic E-state index is 12.5. The van der Waals surface area contributed by atoms with E-state index in [9.17, 15) is 23.1 Å². The van der Waals surface area contributed by atoms with Crippen LogP contribution < -0.4 is 0 Å². The lowest BCUT2D eigenvalue weighted by atomic mass is 9.97. The first-order valence-corrected chi connectivity index (χ1v) is 7.74. The van der Waals surface area contributed by atoms with Crippen LogP contribution in [0.2, 0.25) is 0 Å². The highest BCUT2D eigenvalue weighted by atomic mass is 19.4. The van der Waals surface area contributed by atoms with E-state index in [1.807, 2.05) is 12.1 Å². The molecule has 3 heterocycles. The Labute approximate surface area is 142 Å². The highest BCUT2D eigenvalue weighted by molar-refractivity contribution is 5.94. The van der Waals surface area contributed by atoms with Crippen molar-refractivity contribution >= 4 is 5.91 Å². The van der Waals surface area contributed by atoms with Gasteiger partial charge in [-0.1, -0.05) is 0 Å². The SMILES string of the molecule is O=C(c1ccc(C(F)(F)F)nc1)N1C[C@@H](Cc2ccncc2)[C@@H](O)C1. The molecular weight excluding hydrogens is 335 g/mol. The number of aliphatic hydroxyl groups is 1. The van der Waals surface area contributed by atoms with Crippen LogP contribution in [0.5, 0.6) is 0 Å². The van der Waals surface area contributed by atoms with Crippen molar-refractivity contribution in [1.82, 2.24) is 14.9 Å². The Morgan fingerprint density at radius 3 is 2.52 bits per heavy atom. The molecule has 1 amide bonds. The van der Waals surface area contributed by atoms with Gasteiger partial charge >= 0.3 is 6.18 Å². The van der Waals surface area contributed by atoms with E-state index in [1.54, 1.807) is 12.4 Å². The van der Waals surface area contributed by atoms with Crippen LogP contribution in [0.4, 0.5) is 13.2 Å². The molecule has 1 aliphatic rings. The Morgan fingerprint density at radius 1 is 1.20 bits per heavy atom. The molecule has 2 aromatic heterocycles. The summed E-state index contributed by atoms with van der Waals surface area (Å²) in [5.41, 5.74) is 0.0374. The number of alkyl halides is 3. The molecule has 0 aromatic carbocycles. The number of halogens is 3. The highest BCUT2D eigenvalue weighted by Gasteiger charge is 2.35. The molecular formula is C17H16F3N3O2. The number of pyridine rings is 2. The zero-order valence-corrected chi connectivity index (χ0v) is 13.1. The second-order valence-electron chi connectivity index (χ2n) is 6.03. The topological polar surface area (TPSA) is 66.3 Å². The Hall–Kier alpha value is -2.48. The molecule has 25 heavy (non-hydrogen) atoms. The van der Waals surface area contributed by atoms with Gasteiger partial charge in [0.05, 0.1) is 11.7 Å². The third-order valence-corrected chi connectivity index (χ3v) is 4.24. The molecule has 0 aliphatic carbocycles. The summed E-state index contributed by atoms with van der Waals surface area (Å²) in [5.74, 6) is -0.564. The standard InChI is InChI=1S/C17H16F3N3O2/c18-17(19,20)15-2-1-12(8-22-15)16(25)23-9-13(14(24)10-23)7-11-3-5-21-6-4-11/h1-6,8,13-14,24H,7,9-10H2/t13-,14+/m1/s1. The number of aliphatic hydroxyl groups excluding tert-OH is 1. The van der Waals surface area contributed by atoms with E-state index in [-0.39, 0.29) is 18.0 Å². The summed E-state index contributed by atoms with van der Waals surface area (Å²) in [4.78, 5) is 21.1. The van der Waals surface area contributed by atoms with Gasteiger partial charge in [-0.05, 0) is 36.2 Å². The summed E-state index contributed by atoms with van der Waals surface area (Å²) in [6.45, 7) is 0.485. The number of β-amino-alcohol motifs (C(OH)–C–C–N with tert-alkyl or cyclic N) is 1. The van der Waals surface area contributed by atoms with Crippen LogP contribution in [0.25, 0.3) is 0 Å². The minimum atomic E-state index is -4.54. The van der Waals surface area contributed by atoms with Crippen molar-refractivity contribution in [2.24, 2.45) is 5.92 Å². The van der Waals surface area contributed by atoms with Gasteiger partial charge in [-0.25, -0.2) is 0 Å². The van der Waals surface area contributed by atoms with Crippen LogP contribution >= 0.6 is 0 Å². The second kappa shape index (κ2) is 6.79. The summed E-state index contributed by atoms with van der Waals surface area (Å²) >= 11 is 0. The van der Waals surface area contributed by atoms with Crippen LogP contribution in [0, 0.1) is 5.92 Å². The minimum absolute atomic E-state index is 0.0739. The Balaban J connectivity index is 1.67. The van der Waals surface area contributed by atoms with Crippen molar-refractivity contribution in [3.05, 3.63) is 59.7 Å². The van der Waals surface area contributed by atoms with Crippen molar-refractivity contribution in [3.63, 3.8) is 0 Å². The lowest BCUT2D eigenvalue weighted by Crippen LogP contribution is -2.29. The number of amides is 1. The molecule has 8 heteroatoms. The number of hydrogen-bond acceptors (Lipinski definition) is 4. The molecule has 0 radical (unpaired) electrons. The molecule has 5 nitrogen and oxygen atoms in total. The van der Waals surface area contributed by atoms with Gasteiger partial charge < -0.3 is 10.0 Å². The maximum Gasteiger partial charge on any atom is 0.433 e. The minimum Gasteiger partial charge on any atom is -0.391 e. The third-order valence-electron chi connectivity index (χ3n) is 4.24. The number of likely N-dealkylation sites (tertiary alicyclic amines) is 1. The van der Waals surface area contributed by atoms with Crippen molar-refractivity contribution in [2.45, 2.75) is 18.7 Å². The largest absolute Gasteiger partial charge is 0.433 e. The van der Waals surface area contributed by atoms with Gasteiger partial charge in [0.1, 0.15) is 5.69 Å². The first kappa shape index (κ1) is 17.3. The van der Waals surface area contributed by atoms with Gasteiger partial charge in [0.25, 0.3) is 5.91 Å². The fourth-order valence-corrected chi connectivity index (χ4v) is 2.91. The maximum atomic E-state index is 12.5. The van der Waals surface area contributed by atoms with Gasteiger partial charge in [-0.3, -0.25) is 14.8 Å². The van der Waals surface area contributed by atoms with Crippen molar-refractivity contribution in [1.29, 1.82) is 0 Å². The first-order valence-electron chi connectivity index (χ1n) is 7.74. The number of carbonyl (C=O) groups is 1. The molecule has 1 N–H and O–H groups in total. The number of nitrogens with zero attached hydrogens (tertiary/aromatic N) is 3. The quantitative estimate of drug-likeness (QED) is 0.920. The van der Waals surface area contributed by atoms with Gasteiger partial charge in [-0.2, -0.15) is 13.2 Å². The van der Waals surface area contributed by atoms with Crippen LogP contribution in [-0.2, 0) is 12.6 Å². The number of hydrogen-bond donors (Lipinski definition) is 1. The Kier molecular flexibility index (Phi) is 4.71. The van der Waals surface area contributed by atoms with Crippen LogP contribution in [0.1, 0.15) is 21.6 Å². The fraction of sp³-hybridized carbons (Fsp3) is 0.353. The third kappa shape index (κ3) is 3.96. The molecule has 0 spiro atoms. The summed E-state index contributed by atoms with van der Waals surface area (Å²) in [6, 6.07) is 5.59. The van der Waals surface area contributed by atoms with E-state index >= 15 is 0 Å². The van der Waals surface area contributed by atoms with E-state index < -0.39 is 23.9 Å². The number of carbonyl (C=O) groups excluding carboxylic acids is 1. The predicted octanol–water partition coefficient (Wildman–Crippen LogP) is 2.17. The molecule has 1 saturated heterocycles. The number of rotatable bonds is 3. The van der Waals surface area contributed by atoms with Gasteiger partial charge in [-0.15, -0.1) is 0 Å². The molecule has 2 atom stereocenters. The Morgan fingerprint density at radius 2 is 1.92 bits per heavy atom. The zero-order chi connectivity index (χ0) is 18.0. The molecule has 132 valence electrons. The lowest BCUT2D eigenvalue weighted by Gasteiger charge is -2.16. The smallest absolute Gasteiger partial charge is 0.391 e. The summed E-state index contributed by atoms with van der Waals surface area (Å²) in [5, 5.41) is 10.2. The van der Waals surface area contributed by atoms with Crippen LogP contribution in [-0.4, -0.2) is 45.1 Å². The van der Waals surface area contributed by atoms with Crippen molar-refractivity contribution in [3.8, 4) is 0 Å². The Bertz CT molecular complexity index is 735. The first-order chi connectivity index (χ1) is 11.8. The van der Waals surface area contributed by atoms with Gasteiger partial charge in [0.15, 0.2) is 0 Å². The lowest BCUT2D eigenvalue weighted by molar-refractivity contribution is -0.141. The monoisotopic (exact) mass is 351 g/mol. The van der Waals surface area contributed by atoms with E-state index in [2.05, 4.69) is 9.97 Å². The molecule has 1 fully saturated rings.